The van der Waals surface area contributed by atoms with Gasteiger partial charge in [-0.1, -0.05) is 0 Å². The fraction of sp³-hybridized carbons (Fsp3) is 0.333. The van der Waals surface area contributed by atoms with Crippen molar-refractivity contribution in [3.05, 3.63) is 16.6 Å². The lowest BCUT2D eigenvalue weighted by Crippen LogP contribution is -1.78. The minimum atomic E-state index is 0.577. The predicted octanol–water partition coefficient (Wildman–Crippen LogP) is 1.60. The van der Waals surface area contributed by atoms with Gasteiger partial charge in [0.15, 0.2) is 0 Å². The summed E-state index contributed by atoms with van der Waals surface area (Å²) < 4.78 is 0. The van der Waals surface area contributed by atoms with Crippen molar-refractivity contribution in [3.63, 3.8) is 0 Å². The summed E-state index contributed by atoms with van der Waals surface area (Å²) in [6.45, 7) is 0. The van der Waals surface area contributed by atoms with Crippen LogP contribution < -0.4 is 0 Å². The van der Waals surface area contributed by atoms with Crippen molar-refractivity contribution < 1.29 is 0 Å². The molecule has 0 bridgehead atoms. The molecule has 0 unspecified atom stereocenters. The molecule has 0 aliphatic rings. The third-order valence-corrected chi connectivity index (χ3v) is 1.77. The van der Waals surface area contributed by atoms with E-state index in [-0.39, 0.29) is 0 Å². The zero-order chi connectivity index (χ0) is 6.53. The summed E-state index contributed by atoms with van der Waals surface area (Å²) >= 11 is 1.60. The number of aromatic nitrogens is 1. The number of aryl methyl sites for hydroxylation is 1. The highest BCUT2D eigenvalue weighted by Gasteiger charge is 1.91. The third-order valence-electron chi connectivity index (χ3n) is 0.934. The first-order chi connectivity index (χ1) is 4.43. The second-order valence-electron chi connectivity index (χ2n) is 1.58. The van der Waals surface area contributed by atoms with Gasteiger partial charge in [0.25, 0.3) is 0 Å². The summed E-state index contributed by atoms with van der Waals surface area (Å²) in [5.74, 6) is 0. The number of hydrogen-bond acceptors (Lipinski definition) is 3. The molecule has 1 aromatic rings. The van der Waals surface area contributed by atoms with Crippen LogP contribution in [0.2, 0.25) is 0 Å². The van der Waals surface area contributed by atoms with Crippen LogP contribution in [0, 0.1) is 11.3 Å². The van der Waals surface area contributed by atoms with Crippen LogP contribution in [0.3, 0.4) is 0 Å². The van der Waals surface area contributed by atoms with E-state index < -0.39 is 0 Å². The highest BCUT2D eigenvalue weighted by atomic mass is 32.1. The topological polar surface area (TPSA) is 36.7 Å². The third kappa shape index (κ3) is 1.82. The monoisotopic (exact) mass is 138 g/mol. The predicted molar refractivity (Wildman–Crippen MR) is 36.0 cm³/mol. The van der Waals surface area contributed by atoms with Gasteiger partial charge in [0.05, 0.1) is 11.1 Å². The molecule has 0 saturated heterocycles. The molecule has 0 saturated carbocycles. The van der Waals surface area contributed by atoms with Crippen molar-refractivity contribution in [3.8, 4) is 6.07 Å². The van der Waals surface area contributed by atoms with Crippen LogP contribution in [0.5, 0.6) is 0 Å². The number of hydrogen-bond donors (Lipinski definition) is 0. The van der Waals surface area contributed by atoms with E-state index in [1.165, 1.54) is 0 Å². The van der Waals surface area contributed by atoms with Crippen LogP contribution in [0.25, 0.3) is 0 Å². The molecule has 0 aromatic carbocycles. The van der Waals surface area contributed by atoms with E-state index in [2.05, 4.69) is 11.1 Å². The van der Waals surface area contributed by atoms with Crippen LogP contribution in [0.4, 0.5) is 0 Å². The number of thiazole rings is 1. The highest BCUT2D eigenvalue weighted by molar-refractivity contribution is 7.09. The Morgan fingerprint density at radius 2 is 2.67 bits per heavy atom. The molecule has 0 radical (unpaired) electrons. The largest absolute Gasteiger partial charge is 0.250 e. The van der Waals surface area contributed by atoms with Crippen molar-refractivity contribution >= 4 is 11.3 Å². The van der Waals surface area contributed by atoms with Gasteiger partial charge in [0, 0.05) is 24.4 Å². The van der Waals surface area contributed by atoms with Crippen molar-refractivity contribution in [2.45, 2.75) is 12.8 Å². The molecule has 2 nitrogen and oxygen atoms in total. The minimum Gasteiger partial charge on any atom is -0.250 e. The van der Waals surface area contributed by atoms with Crippen LogP contribution >= 0.6 is 11.3 Å². The van der Waals surface area contributed by atoms with Gasteiger partial charge < -0.3 is 0 Å². The Morgan fingerprint density at radius 1 is 1.78 bits per heavy atom. The zero-order valence-corrected chi connectivity index (χ0v) is 5.69. The van der Waals surface area contributed by atoms with Crippen molar-refractivity contribution in [1.82, 2.24) is 4.98 Å². The fourth-order valence-corrected chi connectivity index (χ4v) is 1.16. The maximum absolute atomic E-state index is 8.19. The lowest BCUT2D eigenvalue weighted by Gasteiger charge is -1.82. The molecule has 0 N–H and O–H groups in total. The van der Waals surface area contributed by atoms with Crippen LogP contribution in [0.15, 0.2) is 11.6 Å². The summed E-state index contributed by atoms with van der Waals surface area (Å²) in [5, 5.41) is 11.2. The Kier molecular flexibility index (Phi) is 2.22. The maximum atomic E-state index is 8.19. The maximum Gasteiger partial charge on any atom is 0.0935 e. The summed E-state index contributed by atoms with van der Waals surface area (Å²) in [4.78, 5) is 4.02. The summed E-state index contributed by atoms with van der Waals surface area (Å²) in [5.41, 5.74) is 0. The van der Waals surface area contributed by atoms with Crippen LogP contribution in [-0.2, 0) is 6.42 Å². The molecule has 0 aliphatic carbocycles. The molecule has 0 spiro atoms. The molecule has 1 aromatic heterocycles. The molecule has 9 heavy (non-hydrogen) atoms. The average molecular weight is 138 g/mol. The Bertz CT molecular complexity index is 197. The van der Waals surface area contributed by atoms with Gasteiger partial charge in [-0.15, -0.1) is 11.3 Å². The molecule has 1 heterocycles. The SMILES string of the molecule is N#CCCc1nccs1. The average Bonchev–Trinajstić information content (AvgIpc) is 2.34. The lowest BCUT2D eigenvalue weighted by atomic mass is 10.3. The molecule has 0 aliphatic heterocycles. The molecule has 46 valence electrons. The molecule has 0 fully saturated rings. The van der Waals surface area contributed by atoms with Gasteiger partial charge >= 0.3 is 0 Å². The molecular formula is C6H6N2S. The number of nitrogens with zero attached hydrogens (tertiary/aromatic N) is 2. The quantitative estimate of drug-likeness (QED) is 0.622. The Balaban J connectivity index is 2.41. The Morgan fingerprint density at radius 3 is 3.22 bits per heavy atom. The number of rotatable bonds is 2. The van der Waals surface area contributed by atoms with Gasteiger partial charge in [-0.05, 0) is 0 Å². The number of nitriles is 1. The molecular weight excluding hydrogens is 132 g/mol. The minimum absolute atomic E-state index is 0.577. The van der Waals surface area contributed by atoms with E-state index in [0.29, 0.717) is 6.42 Å². The van der Waals surface area contributed by atoms with Crippen molar-refractivity contribution in [1.29, 1.82) is 5.26 Å². The van der Waals surface area contributed by atoms with Crippen LogP contribution in [0.1, 0.15) is 11.4 Å². The first-order valence-electron chi connectivity index (χ1n) is 2.69. The second kappa shape index (κ2) is 3.21. The standard InChI is InChI=1S/C6H6N2S/c7-3-1-2-6-8-4-5-9-6/h4-5H,1-2H2. The van der Waals surface area contributed by atoms with E-state index in [0.717, 1.165) is 11.4 Å². The van der Waals surface area contributed by atoms with E-state index >= 15 is 0 Å². The van der Waals surface area contributed by atoms with E-state index in [1.54, 1.807) is 17.5 Å². The van der Waals surface area contributed by atoms with Gasteiger partial charge in [-0.25, -0.2) is 4.98 Å². The van der Waals surface area contributed by atoms with E-state index in [4.69, 9.17) is 5.26 Å². The molecule has 0 atom stereocenters. The normalized spacial score (nSPS) is 8.78. The highest BCUT2D eigenvalue weighted by Crippen LogP contribution is 2.05. The zero-order valence-electron chi connectivity index (χ0n) is 4.87. The lowest BCUT2D eigenvalue weighted by molar-refractivity contribution is 0.989. The van der Waals surface area contributed by atoms with E-state index in [9.17, 15) is 0 Å². The smallest absolute Gasteiger partial charge is 0.0935 e. The second-order valence-corrected chi connectivity index (χ2v) is 2.56. The van der Waals surface area contributed by atoms with Crippen molar-refractivity contribution in [2.24, 2.45) is 0 Å². The Hall–Kier alpha value is -0.880. The van der Waals surface area contributed by atoms with Gasteiger partial charge in [0.1, 0.15) is 0 Å². The first kappa shape index (κ1) is 6.24. The Labute approximate surface area is 57.8 Å². The van der Waals surface area contributed by atoms with Gasteiger partial charge in [-0.3, -0.25) is 0 Å². The summed E-state index contributed by atoms with van der Waals surface area (Å²) in [6, 6.07) is 2.07. The van der Waals surface area contributed by atoms with Gasteiger partial charge in [0.2, 0.25) is 0 Å². The van der Waals surface area contributed by atoms with E-state index in [1.807, 2.05) is 5.38 Å². The van der Waals surface area contributed by atoms with Crippen LogP contribution in [-0.4, -0.2) is 4.98 Å². The summed E-state index contributed by atoms with van der Waals surface area (Å²) in [6.07, 6.45) is 3.14. The first-order valence-corrected chi connectivity index (χ1v) is 3.57. The molecule has 1 rings (SSSR count). The summed E-state index contributed by atoms with van der Waals surface area (Å²) in [7, 11) is 0. The van der Waals surface area contributed by atoms with Crippen molar-refractivity contribution in [2.75, 3.05) is 0 Å². The molecule has 0 amide bonds. The fourth-order valence-electron chi connectivity index (χ4n) is 0.539. The van der Waals surface area contributed by atoms with Gasteiger partial charge in [-0.2, -0.15) is 5.26 Å². The molecule has 3 heteroatoms.